The minimum Gasteiger partial charge on any atom is -0.466 e. The Morgan fingerprint density at radius 2 is 0.648 bits per heavy atom. The number of ether oxygens (including phenoxy) is 1. The van der Waals surface area contributed by atoms with E-state index in [1.165, 1.54) is 302 Å². The molecule has 1 amide bonds. The Kier molecular flexibility index (Phi) is 59.9. The van der Waals surface area contributed by atoms with E-state index in [1.54, 1.807) is 6.08 Å². The summed E-state index contributed by atoms with van der Waals surface area (Å²) in [6, 6.07) is -0.624. The molecule has 6 nitrogen and oxygen atoms in total. The molecule has 0 aromatic heterocycles. The summed E-state index contributed by atoms with van der Waals surface area (Å²) >= 11 is 0. The van der Waals surface area contributed by atoms with E-state index < -0.39 is 12.1 Å². The van der Waals surface area contributed by atoms with Crippen LogP contribution in [0.25, 0.3) is 0 Å². The molecule has 0 saturated carbocycles. The number of hydrogen-bond acceptors (Lipinski definition) is 5. The molecule has 0 aromatic rings. The Hall–Kier alpha value is -1.40. The minimum atomic E-state index is -0.841. The second-order valence-corrected chi connectivity index (χ2v) is 22.5. The maximum Gasteiger partial charge on any atom is 0.305 e. The van der Waals surface area contributed by atoms with Gasteiger partial charge in [0.25, 0.3) is 0 Å². The first kappa shape index (κ1) is 69.6. The predicted octanol–water partition coefficient (Wildman–Crippen LogP) is 20.4. The summed E-state index contributed by atoms with van der Waals surface area (Å²) in [5.41, 5.74) is 0. The first-order valence-corrected chi connectivity index (χ1v) is 32.5. The zero-order valence-corrected chi connectivity index (χ0v) is 48.2. The molecule has 0 spiro atoms. The lowest BCUT2D eigenvalue weighted by Crippen LogP contribution is -2.45. The van der Waals surface area contributed by atoms with E-state index in [1.807, 2.05) is 6.08 Å². The summed E-state index contributed by atoms with van der Waals surface area (Å²) < 4.78 is 5.49. The summed E-state index contributed by atoms with van der Waals surface area (Å²) in [5, 5.41) is 23.1. The lowest BCUT2D eigenvalue weighted by atomic mass is 10.0. The van der Waals surface area contributed by atoms with Crippen molar-refractivity contribution in [2.24, 2.45) is 0 Å². The first-order chi connectivity index (χ1) is 35.0. The van der Waals surface area contributed by atoms with E-state index in [4.69, 9.17) is 4.74 Å². The fraction of sp³-hybridized carbons (Fsp3) is 0.938. The highest BCUT2D eigenvalue weighted by Gasteiger charge is 2.18. The number of allylic oxidation sites excluding steroid dienone is 1. The van der Waals surface area contributed by atoms with Crippen LogP contribution in [0, 0.1) is 0 Å². The highest BCUT2D eigenvalue weighted by atomic mass is 16.5. The van der Waals surface area contributed by atoms with Crippen molar-refractivity contribution in [3.63, 3.8) is 0 Å². The fourth-order valence-electron chi connectivity index (χ4n) is 10.3. The molecule has 0 fully saturated rings. The molecule has 0 aliphatic heterocycles. The van der Waals surface area contributed by atoms with Crippen molar-refractivity contribution in [2.45, 2.75) is 379 Å². The molecule has 0 heterocycles. The second kappa shape index (κ2) is 61.1. The molecule has 3 N–H and O–H groups in total. The third kappa shape index (κ3) is 57.7. The number of rotatable bonds is 61. The van der Waals surface area contributed by atoms with Crippen molar-refractivity contribution in [1.82, 2.24) is 5.32 Å². The monoisotopic (exact) mass is 1000 g/mol. The Labute approximate surface area is 444 Å². The van der Waals surface area contributed by atoms with Gasteiger partial charge >= 0.3 is 5.97 Å². The summed E-state index contributed by atoms with van der Waals surface area (Å²) in [7, 11) is 0. The van der Waals surface area contributed by atoms with Gasteiger partial charge in [0.05, 0.1) is 25.4 Å². The van der Waals surface area contributed by atoms with Crippen LogP contribution in [0.1, 0.15) is 367 Å². The number of carbonyl (C=O) groups is 2. The largest absolute Gasteiger partial charge is 0.466 e. The molecule has 0 radical (unpaired) electrons. The van der Waals surface area contributed by atoms with Crippen LogP contribution in [0.5, 0.6) is 0 Å². The van der Waals surface area contributed by atoms with Crippen molar-refractivity contribution in [2.75, 3.05) is 13.2 Å². The number of amides is 1. The number of hydrogen-bond donors (Lipinski definition) is 3. The van der Waals surface area contributed by atoms with Gasteiger partial charge in [-0.3, -0.25) is 9.59 Å². The third-order valence-electron chi connectivity index (χ3n) is 15.3. The predicted molar refractivity (Wildman–Crippen MR) is 310 cm³/mol. The van der Waals surface area contributed by atoms with Gasteiger partial charge in [0.1, 0.15) is 0 Å². The van der Waals surface area contributed by atoms with Crippen LogP contribution < -0.4 is 5.32 Å². The van der Waals surface area contributed by atoms with Crippen LogP contribution in [-0.2, 0) is 14.3 Å². The normalized spacial score (nSPS) is 12.6. The Bertz CT molecular complexity index is 1060. The smallest absolute Gasteiger partial charge is 0.305 e. The number of aliphatic hydroxyl groups is 2. The Balaban J connectivity index is 3.34. The number of unbranched alkanes of at least 4 members (excludes halogenated alkanes) is 50. The number of esters is 1. The fourth-order valence-corrected chi connectivity index (χ4v) is 10.3. The van der Waals surface area contributed by atoms with E-state index in [0.29, 0.717) is 19.4 Å². The van der Waals surface area contributed by atoms with E-state index >= 15 is 0 Å². The summed E-state index contributed by atoms with van der Waals surface area (Å²) in [4.78, 5) is 24.5. The van der Waals surface area contributed by atoms with Crippen LogP contribution in [0.4, 0.5) is 0 Å². The molecule has 6 heteroatoms. The van der Waals surface area contributed by atoms with Crippen molar-refractivity contribution < 1.29 is 24.5 Å². The molecular formula is C65H127NO5. The zero-order valence-electron chi connectivity index (χ0n) is 48.2. The maximum absolute atomic E-state index is 12.5. The van der Waals surface area contributed by atoms with Gasteiger partial charge in [0, 0.05) is 12.8 Å². The van der Waals surface area contributed by atoms with Crippen molar-refractivity contribution in [3.8, 4) is 0 Å². The highest BCUT2D eigenvalue weighted by molar-refractivity contribution is 5.76. The zero-order chi connectivity index (χ0) is 51.4. The van der Waals surface area contributed by atoms with Gasteiger partial charge < -0.3 is 20.3 Å². The molecule has 422 valence electrons. The highest BCUT2D eigenvalue weighted by Crippen LogP contribution is 2.18. The topological polar surface area (TPSA) is 95.9 Å². The molecule has 2 atom stereocenters. The first-order valence-electron chi connectivity index (χ1n) is 32.5. The lowest BCUT2D eigenvalue weighted by Gasteiger charge is -2.20. The molecule has 0 saturated heterocycles. The van der Waals surface area contributed by atoms with Crippen molar-refractivity contribution in [1.29, 1.82) is 0 Å². The van der Waals surface area contributed by atoms with Gasteiger partial charge in [-0.25, -0.2) is 0 Å². The molecule has 0 aromatic carbocycles. The average Bonchev–Trinajstić information content (AvgIpc) is 3.37. The summed E-state index contributed by atoms with van der Waals surface area (Å²) in [5.74, 6) is -0.0431. The molecule has 2 unspecified atom stereocenters. The van der Waals surface area contributed by atoms with Crippen molar-refractivity contribution in [3.05, 3.63) is 12.2 Å². The van der Waals surface area contributed by atoms with Gasteiger partial charge in [-0.05, 0) is 32.1 Å². The number of aliphatic hydroxyl groups excluding tert-OH is 2. The van der Waals surface area contributed by atoms with Gasteiger partial charge in [-0.1, -0.05) is 334 Å². The van der Waals surface area contributed by atoms with Crippen LogP contribution in [-0.4, -0.2) is 47.4 Å². The van der Waals surface area contributed by atoms with E-state index in [-0.39, 0.29) is 18.5 Å². The van der Waals surface area contributed by atoms with Crippen LogP contribution in [0.2, 0.25) is 0 Å². The number of nitrogens with one attached hydrogen (secondary N) is 1. The van der Waals surface area contributed by atoms with Crippen LogP contribution in [0.3, 0.4) is 0 Å². The Morgan fingerprint density at radius 3 is 0.958 bits per heavy atom. The van der Waals surface area contributed by atoms with E-state index in [2.05, 4.69) is 19.2 Å². The SMILES string of the molecule is CCCCCCCCCCCCC/C=C/C(O)C(CO)NC(=O)CCCCCCCCCCCCCCCCCCCCCCCCCCCCCOC(=O)CCCCCCCCCCCCCCCC. The van der Waals surface area contributed by atoms with Crippen molar-refractivity contribution >= 4 is 11.9 Å². The standard InChI is InChI=1S/C65H127NO5/c1-3-5-7-9-11-13-15-17-35-39-43-47-51-55-59-65(70)71-60-56-52-48-44-40-36-32-30-28-26-24-22-20-18-19-21-23-25-27-29-31-34-38-42-46-50-54-58-64(69)66-62(61-67)63(68)57-53-49-45-41-37-33-16-14-12-10-8-6-4-2/h53,57,62-63,67-68H,3-52,54-56,58-61H2,1-2H3,(H,66,69)/b57-53+. The number of carbonyl (C=O) groups excluding carboxylic acids is 2. The Morgan fingerprint density at radius 1 is 0.380 bits per heavy atom. The third-order valence-corrected chi connectivity index (χ3v) is 15.3. The quantitative estimate of drug-likeness (QED) is 0.0320. The summed E-state index contributed by atoms with van der Waals surface area (Å²) in [6.45, 7) is 4.93. The summed E-state index contributed by atoms with van der Waals surface area (Å²) in [6.07, 6.45) is 74.1. The molecule has 0 bridgehead atoms. The van der Waals surface area contributed by atoms with Gasteiger partial charge in [-0.15, -0.1) is 0 Å². The minimum absolute atomic E-state index is 0.0206. The van der Waals surface area contributed by atoms with Gasteiger partial charge in [-0.2, -0.15) is 0 Å². The van der Waals surface area contributed by atoms with E-state index in [9.17, 15) is 19.8 Å². The van der Waals surface area contributed by atoms with Crippen LogP contribution in [0.15, 0.2) is 12.2 Å². The van der Waals surface area contributed by atoms with E-state index in [0.717, 1.165) is 38.5 Å². The molecule has 0 aliphatic carbocycles. The molecule has 0 aliphatic rings. The second-order valence-electron chi connectivity index (χ2n) is 22.5. The molecule has 71 heavy (non-hydrogen) atoms. The molecular weight excluding hydrogens is 875 g/mol. The van der Waals surface area contributed by atoms with Crippen LogP contribution >= 0.6 is 0 Å². The maximum atomic E-state index is 12.5. The van der Waals surface area contributed by atoms with Gasteiger partial charge in [0.2, 0.25) is 5.91 Å². The average molecular weight is 1000 g/mol. The molecule has 0 rings (SSSR count). The van der Waals surface area contributed by atoms with Gasteiger partial charge in [0.15, 0.2) is 0 Å². The lowest BCUT2D eigenvalue weighted by molar-refractivity contribution is -0.143.